The molecule has 0 aromatic heterocycles. The van der Waals surface area contributed by atoms with Gasteiger partial charge in [0.05, 0.1) is 25.1 Å². The molecule has 0 aromatic carbocycles. The fourth-order valence-corrected chi connectivity index (χ4v) is 1.33. The summed E-state index contributed by atoms with van der Waals surface area (Å²) in [6, 6.07) is 1.13. The van der Waals surface area contributed by atoms with Crippen molar-refractivity contribution in [2.75, 3.05) is 20.1 Å². The van der Waals surface area contributed by atoms with E-state index in [9.17, 15) is 14.4 Å². The minimum absolute atomic E-state index is 0.0703. The highest BCUT2D eigenvalue weighted by atomic mass is 16.2. The average Bonchev–Trinajstić information content (AvgIpc) is 2.51. The van der Waals surface area contributed by atoms with E-state index >= 15 is 0 Å². The van der Waals surface area contributed by atoms with E-state index in [1.54, 1.807) is 6.07 Å². The number of nitrogens with zero attached hydrogens (tertiary/aromatic N) is 2. The molecule has 1 atom stereocenters. The molecule has 16 heavy (non-hydrogen) atoms. The number of hydrogen-bond donors (Lipinski definition) is 2. The fraction of sp³-hybridized carbons (Fsp3) is 0.556. The Hall–Kier alpha value is -1.94. The van der Waals surface area contributed by atoms with Gasteiger partial charge in [0.2, 0.25) is 17.7 Å². The first kappa shape index (κ1) is 12.1. The molecule has 0 radical (unpaired) electrons. The van der Waals surface area contributed by atoms with E-state index in [1.807, 2.05) is 0 Å². The molecule has 7 heteroatoms. The van der Waals surface area contributed by atoms with Crippen LogP contribution in [0, 0.1) is 11.3 Å². The molecule has 1 unspecified atom stereocenters. The molecule has 0 saturated carbocycles. The molecule has 1 aliphatic heterocycles. The Kier molecular flexibility index (Phi) is 3.96. The molecule has 1 saturated heterocycles. The lowest BCUT2D eigenvalue weighted by molar-refractivity contribution is -0.137. The minimum Gasteiger partial charge on any atom is -0.342 e. The summed E-state index contributed by atoms with van der Waals surface area (Å²) in [6.07, 6.45) is 0.0703. The minimum atomic E-state index is -0.634. The van der Waals surface area contributed by atoms with Gasteiger partial charge in [-0.25, -0.2) is 0 Å². The number of rotatable bonds is 4. The summed E-state index contributed by atoms with van der Waals surface area (Å²) in [7, 11) is 1.40. The monoisotopic (exact) mass is 224 g/mol. The van der Waals surface area contributed by atoms with E-state index in [2.05, 4.69) is 10.6 Å². The number of carbonyl (C=O) groups excluding carboxylic acids is 3. The second-order valence-corrected chi connectivity index (χ2v) is 3.36. The largest absolute Gasteiger partial charge is 0.342 e. The van der Waals surface area contributed by atoms with Gasteiger partial charge < -0.3 is 5.32 Å². The second kappa shape index (κ2) is 5.23. The number of hydrogen-bond acceptors (Lipinski definition) is 5. The van der Waals surface area contributed by atoms with Crippen LogP contribution in [-0.2, 0) is 14.4 Å². The lowest BCUT2D eigenvalue weighted by Gasteiger charge is -2.10. The van der Waals surface area contributed by atoms with Crippen LogP contribution in [0.3, 0.4) is 0 Å². The van der Waals surface area contributed by atoms with Crippen LogP contribution < -0.4 is 10.6 Å². The first-order valence-electron chi connectivity index (χ1n) is 4.73. The third-order valence-corrected chi connectivity index (χ3v) is 2.26. The van der Waals surface area contributed by atoms with Crippen LogP contribution in [0.5, 0.6) is 0 Å². The van der Waals surface area contributed by atoms with E-state index in [4.69, 9.17) is 5.26 Å². The zero-order chi connectivity index (χ0) is 12.1. The summed E-state index contributed by atoms with van der Waals surface area (Å²) >= 11 is 0. The van der Waals surface area contributed by atoms with E-state index in [0.717, 1.165) is 4.90 Å². The number of imide groups is 1. The quantitative estimate of drug-likeness (QED) is 0.423. The van der Waals surface area contributed by atoms with Crippen molar-refractivity contribution < 1.29 is 14.4 Å². The fourth-order valence-electron chi connectivity index (χ4n) is 1.33. The Balaban J connectivity index is 2.34. The Morgan fingerprint density at radius 2 is 2.31 bits per heavy atom. The van der Waals surface area contributed by atoms with Crippen molar-refractivity contribution in [3.8, 4) is 6.07 Å². The number of likely N-dealkylation sites (N-methyl/N-ethyl adjacent to an activating group) is 1. The first-order valence-corrected chi connectivity index (χ1v) is 4.73. The van der Waals surface area contributed by atoms with Gasteiger partial charge in [0.25, 0.3) is 0 Å². The predicted molar refractivity (Wildman–Crippen MR) is 52.8 cm³/mol. The number of likely N-dealkylation sites (tertiary alicyclic amines) is 1. The summed E-state index contributed by atoms with van der Waals surface area (Å²) in [6.45, 7) is -0.156. The third-order valence-electron chi connectivity index (χ3n) is 2.26. The maximum atomic E-state index is 11.4. The van der Waals surface area contributed by atoms with Gasteiger partial charge in [-0.05, 0) is 0 Å². The van der Waals surface area contributed by atoms with Crippen LogP contribution in [-0.4, -0.2) is 48.8 Å². The predicted octanol–water partition coefficient (Wildman–Crippen LogP) is -2.03. The van der Waals surface area contributed by atoms with Gasteiger partial charge in [-0.15, -0.1) is 0 Å². The molecular weight excluding hydrogens is 212 g/mol. The van der Waals surface area contributed by atoms with Crippen molar-refractivity contribution in [3.63, 3.8) is 0 Å². The molecular formula is C9H12N4O3. The van der Waals surface area contributed by atoms with Crippen molar-refractivity contribution in [1.29, 1.82) is 5.26 Å². The molecule has 0 aromatic rings. The van der Waals surface area contributed by atoms with Gasteiger partial charge in [0.15, 0.2) is 0 Å². The van der Waals surface area contributed by atoms with Crippen molar-refractivity contribution in [2.24, 2.45) is 0 Å². The van der Waals surface area contributed by atoms with Gasteiger partial charge in [-0.3, -0.25) is 24.6 Å². The molecule has 1 rings (SSSR count). The molecule has 86 valence electrons. The molecule has 3 amide bonds. The highest BCUT2D eigenvalue weighted by molar-refractivity contribution is 6.05. The van der Waals surface area contributed by atoms with Crippen molar-refractivity contribution in [2.45, 2.75) is 12.5 Å². The molecule has 1 fully saturated rings. The highest BCUT2D eigenvalue weighted by Crippen LogP contribution is 2.09. The number of carbonyl (C=O) groups is 3. The van der Waals surface area contributed by atoms with Crippen LogP contribution in [0.25, 0.3) is 0 Å². The molecule has 0 spiro atoms. The van der Waals surface area contributed by atoms with Gasteiger partial charge >= 0.3 is 0 Å². The Labute approximate surface area is 92.4 Å². The molecule has 7 nitrogen and oxygen atoms in total. The van der Waals surface area contributed by atoms with Gasteiger partial charge in [-0.2, -0.15) is 5.26 Å². The lowest BCUT2D eigenvalue weighted by Crippen LogP contribution is -2.42. The van der Waals surface area contributed by atoms with Crippen LogP contribution in [0.4, 0.5) is 0 Å². The molecule has 0 bridgehead atoms. The summed E-state index contributed by atoms with van der Waals surface area (Å²) in [5.74, 6) is -0.977. The zero-order valence-electron chi connectivity index (χ0n) is 8.82. The summed E-state index contributed by atoms with van der Waals surface area (Å²) < 4.78 is 0. The molecule has 2 N–H and O–H groups in total. The summed E-state index contributed by atoms with van der Waals surface area (Å²) in [4.78, 5) is 34.7. The average molecular weight is 224 g/mol. The summed E-state index contributed by atoms with van der Waals surface area (Å²) in [5, 5.41) is 13.2. The van der Waals surface area contributed by atoms with E-state index < -0.39 is 6.04 Å². The van der Waals surface area contributed by atoms with Crippen LogP contribution >= 0.6 is 0 Å². The third kappa shape index (κ3) is 2.77. The number of amides is 3. The number of nitriles is 1. The first-order chi connectivity index (χ1) is 7.56. The lowest BCUT2D eigenvalue weighted by atomic mass is 10.2. The maximum absolute atomic E-state index is 11.4. The van der Waals surface area contributed by atoms with Gasteiger partial charge in [0, 0.05) is 7.05 Å². The van der Waals surface area contributed by atoms with Crippen LogP contribution in [0.2, 0.25) is 0 Å². The van der Waals surface area contributed by atoms with Crippen LogP contribution in [0.1, 0.15) is 6.42 Å². The van der Waals surface area contributed by atoms with Gasteiger partial charge in [0.1, 0.15) is 6.54 Å². The van der Waals surface area contributed by atoms with Crippen molar-refractivity contribution in [3.05, 3.63) is 0 Å². The number of nitrogens with one attached hydrogen (secondary N) is 2. The SMILES string of the molecule is CN1C(=O)CC(NCC(=O)NCC#N)C1=O. The van der Waals surface area contributed by atoms with E-state index in [-0.39, 0.29) is 37.2 Å². The second-order valence-electron chi connectivity index (χ2n) is 3.36. The van der Waals surface area contributed by atoms with Crippen molar-refractivity contribution >= 4 is 17.7 Å². The standard InChI is InChI=1S/C9H12N4O3/c1-13-8(15)4-6(9(13)16)12-5-7(14)11-3-2-10/h6,12H,3-5H2,1H3,(H,11,14). The Morgan fingerprint density at radius 3 is 2.81 bits per heavy atom. The van der Waals surface area contributed by atoms with E-state index in [1.165, 1.54) is 7.05 Å². The summed E-state index contributed by atoms with van der Waals surface area (Å²) in [5.41, 5.74) is 0. The normalized spacial score (nSPS) is 19.8. The highest BCUT2D eigenvalue weighted by Gasteiger charge is 2.35. The van der Waals surface area contributed by atoms with E-state index in [0.29, 0.717) is 0 Å². The smallest absolute Gasteiger partial charge is 0.246 e. The van der Waals surface area contributed by atoms with Crippen LogP contribution in [0.15, 0.2) is 0 Å². The molecule has 1 heterocycles. The Morgan fingerprint density at radius 1 is 1.62 bits per heavy atom. The maximum Gasteiger partial charge on any atom is 0.246 e. The Bertz CT molecular complexity index is 360. The zero-order valence-corrected chi connectivity index (χ0v) is 8.82. The molecule has 1 aliphatic rings. The van der Waals surface area contributed by atoms with Crippen molar-refractivity contribution in [1.82, 2.24) is 15.5 Å². The van der Waals surface area contributed by atoms with Gasteiger partial charge in [-0.1, -0.05) is 0 Å². The molecule has 0 aliphatic carbocycles. The topological polar surface area (TPSA) is 102 Å².